The summed E-state index contributed by atoms with van der Waals surface area (Å²) in [7, 11) is 1.39. The van der Waals surface area contributed by atoms with E-state index in [0.717, 1.165) is 0 Å². The monoisotopic (exact) mass is 281 g/mol. The first kappa shape index (κ1) is 15.8. The lowest BCUT2D eigenvalue weighted by molar-refractivity contribution is -0.136. The number of azide groups is 1. The fourth-order valence-corrected chi connectivity index (χ4v) is 1.73. The third-order valence-electron chi connectivity index (χ3n) is 2.66. The predicted octanol–water partition coefficient (Wildman–Crippen LogP) is 1.03. The Hall–Kier alpha value is -2.28. The summed E-state index contributed by atoms with van der Waals surface area (Å²) in [5.74, 6) is -0.697. The van der Waals surface area contributed by atoms with Crippen LogP contribution in [-0.2, 0) is 11.2 Å². The minimum atomic E-state index is -1.34. The molecule has 0 aliphatic heterocycles. The van der Waals surface area contributed by atoms with Gasteiger partial charge in [-0.3, -0.25) is 4.79 Å². The highest BCUT2D eigenvalue weighted by Gasteiger charge is 2.22. The first-order chi connectivity index (χ1) is 9.49. The molecule has 1 aromatic carbocycles. The molecule has 8 heteroatoms. The number of hydrogen-bond donors (Lipinski definition) is 3. The molecular formula is C12H15N3O5. The van der Waals surface area contributed by atoms with Gasteiger partial charge in [0, 0.05) is 10.5 Å². The zero-order valence-corrected chi connectivity index (χ0v) is 10.8. The summed E-state index contributed by atoms with van der Waals surface area (Å²) in [6.45, 7) is -0.302. The highest BCUT2D eigenvalue weighted by Crippen LogP contribution is 2.28. The zero-order chi connectivity index (χ0) is 15.1. The highest BCUT2D eigenvalue weighted by molar-refractivity contribution is 5.70. The molecule has 0 fully saturated rings. The molecule has 0 aliphatic carbocycles. The van der Waals surface area contributed by atoms with Gasteiger partial charge in [0.1, 0.15) is 11.9 Å². The van der Waals surface area contributed by atoms with E-state index in [0.29, 0.717) is 11.3 Å². The van der Waals surface area contributed by atoms with Crippen molar-refractivity contribution in [3.63, 3.8) is 0 Å². The van der Waals surface area contributed by atoms with Gasteiger partial charge in [0.05, 0.1) is 26.2 Å². The van der Waals surface area contributed by atoms with E-state index in [2.05, 4.69) is 10.0 Å². The number of nitrogens with zero attached hydrogens (tertiary/aromatic N) is 3. The topological polar surface area (TPSA) is 136 Å². The molecule has 0 saturated heterocycles. The minimum absolute atomic E-state index is 0.212. The van der Waals surface area contributed by atoms with Crippen molar-refractivity contribution in [3.8, 4) is 5.75 Å². The van der Waals surface area contributed by atoms with Gasteiger partial charge < -0.3 is 20.1 Å². The molecule has 1 rings (SSSR count). The Kier molecular flexibility index (Phi) is 5.79. The third kappa shape index (κ3) is 4.13. The molecule has 20 heavy (non-hydrogen) atoms. The van der Waals surface area contributed by atoms with E-state index in [4.69, 9.17) is 15.4 Å². The molecule has 2 unspecified atom stereocenters. The second kappa shape index (κ2) is 7.34. The van der Waals surface area contributed by atoms with E-state index in [9.17, 15) is 15.0 Å². The molecule has 0 aliphatic rings. The van der Waals surface area contributed by atoms with Crippen LogP contribution in [0.25, 0.3) is 10.4 Å². The van der Waals surface area contributed by atoms with Crippen molar-refractivity contribution in [2.75, 3.05) is 13.7 Å². The summed E-state index contributed by atoms with van der Waals surface area (Å²) in [4.78, 5) is 13.2. The summed E-state index contributed by atoms with van der Waals surface area (Å²) in [5, 5.41) is 31.7. The molecule has 0 bridgehead atoms. The van der Waals surface area contributed by atoms with Crippen LogP contribution in [0.1, 0.15) is 17.2 Å². The molecule has 108 valence electrons. The van der Waals surface area contributed by atoms with Gasteiger partial charge in [-0.2, -0.15) is 0 Å². The van der Waals surface area contributed by atoms with Gasteiger partial charge in [-0.1, -0.05) is 11.2 Å². The molecule has 0 amide bonds. The smallest absolute Gasteiger partial charge is 0.307 e. The van der Waals surface area contributed by atoms with Crippen LogP contribution in [0.3, 0.4) is 0 Å². The summed E-state index contributed by atoms with van der Waals surface area (Å²) in [6.07, 6.45) is -2.86. The minimum Gasteiger partial charge on any atom is -0.496 e. The van der Waals surface area contributed by atoms with Gasteiger partial charge in [0.2, 0.25) is 0 Å². The van der Waals surface area contributed by atoms with Crippen LogP contribution in [0, 0.1) is 0 Å². The SMILES string of the molecule is COc1ccc(CC(=O)O)cc1C(O)C(O)CN=[N+]=[N-]. The van der Waals surface area contributed by atoms with E-state index < -0.39 is 18.2 Å². The summed E-state index contributed by atoms with van der Waals surface area (Å²) >= 11 is 0. The maximum Gasteiger partial charge on any atom is 0.307 e. The summed E-state index contributed by atoms with van der Waals surface area (Å²) in [5.41, 5.74) is 8.89. The Balaban J connectivity index is 3.05. The van der Waals surface area contributed by atoms with Crippen molar-refractivity contribution < 1.29 is 24.9 Å². The van der Waals surface area contributed by atoms with E-state index >= 15 is 0 Å². The Bertz CT molecular complexity index is 528. The van der Waals surface area contributed by atoms with Crippen molar-refractivity contribution in [2.45, 2.75) is 18.6 Å². The number of carboxylic acid groups (broad SMARTS) is 1. The van der Waals surface area contributed by atoms with Gasteiger partial charge in [0.25, 0.3) is 0 Å². The lowest BCUT2D eigenvalue weighted by Gasteiger charge is -2.19. The molecule has 0 radical (unpaired) electrons. The fourth-order valence-electron chi connectivity index (χ4n) is 1.73. The number of aliphatic carboxylic acids is 1. The van der Waals surface area contributed by atoms with Crippen LogP contribution in [0.4, 0.5) is 0 Å². The number of methoxy groups -OCH3 is 1. The lowest BCUT2D eigenvalue weighted by atomic mass is 9.99. The zero-order valence-electron chi connectivity index (χ0n) is 10.8. The van der Waals surface area contributed by atoms with Crippen LogP contribution >= 0.6 is 0 Å². The second-order valence-corrected chi connectivity index (χ2v) is 4.07. The Morgan fingerprint density at radius 1 is 1.50 bits per heavy atom. The third-order valence-corrected chi connectivity index (χ3v) is 2.66. The van der Waals surface area contributed by atoms with Gasteiger partial charge in [-0.25, -0.2) is 0 Å². The van der Waals surface area contributed by atoms with Crippen molar-refractivity contribution in [3.05, 3.63) is 39.8 Å². The van der Waals surface area contributed by atoms with Gasteiger partial charge >= 0.3 is 5.97 Å². The molecule has 1 aromatic rings. The summed E-state index contributed by atoms with van der Waals surface area (Å²) < 4.78 is 5.06. The van der Waals surface area contributed by atoms with E-state index in [1.807, 2.05) is 0 Å². The lowest BCUT2D eigenvalue weighted by Crippen LogP contribution is -2.22. The normalized spacial score (nSPS) is 13.2. The average Bonchev–Trinajstić information content (AvgIpc) is 2.43. The molecule has 3 N–H and O–H groups in total. The van der Waals surface area contributed by atoms with Crippen LogP contribution in [0.2, 0.25) is 0 Å². The number of carboxylic acids is 1. The first-order valence-corrected chi connectivity index (χ1v) is 5.75. The number of benzene rings is 1. The standard InChI is InChI=1S/C12H15N3O5/c1-20-10-3-2-7(5-11(17)18)4-8(10)12(19)9(16)6-14-15-13/h2-4,9,12,16,19H,5-6H2,1H3,(H,17,18). The number of aliphatic hydroxyl groups excluding tert-OH is 2. The Labute approximate surface area is 114 Å². The first-order valence-electron chi connectivity index (χ1n) is 5.75. The van der Waals surface area contributed by atoms with Crippen LogP contribution in [0.15, 0.2) is 23.3 Å². The average molecular weight is 281 g/mol. The maximum absolute atomic E-state index is 10.7. The number of carbonyl (C=O) groups is 1. The summed E-state index contributed by atoms with van der Waals surface area (Å²) in [6, 6.07) is 4.51. The largest absolute Gasteiger partial charge is 0.496 e. The molecule has 0 heterocycles. The van der Waals surface area contributed by atoms with Crippen LogP contribution in [-0.4, -0.2) is 41.0 Å². The number of hydrogen-bond acceptors (Lipinski definition) is 5. The molecule has 0 aromatic heterocycles. The number of rotatable bonds is 7. The highest BCUT2D eigenvalue weighted by atomic mass is 16.5. The molecule has 8 nitrogen and oxygen atoms in total. The van der Waals surface area contributed by atoms with E-state index in [-0.39, 0.29) is 18.5 Å². The fraction of sp³-hybridized carbons (Fsp3) is 0.417. The van der Waals surface area contributed by atoms with Crippen LogP contribution < -0.4 is 4.74 Å². The molecule has 0 saturated carbocycles. The van der Waals surface area contributed by atoms with Crippen molar-refractivity contribution in [2.24, 2.45) is 5.11 Å². The number of aliphatic hydroxyl groups is 2. The molecule has 0 spiro atoms. The quantitative estimate of drug-likeness (QED) is 0.389. The van der Waals surface area contributed by atoms with Gasteiger partial charge in [-0.05, 0) is 23.2 Å². The van der Waals surface area contributed by atoms with Gasteiger partial charge in [-0.15, -0.1) is 0 Å². The second-order valence-electron chi connectivity index (χ2n) is 4.07. The van der Waals surface area contributed by atoms with Crippen molar-refractivity contribution >= 4 is 5.97 Å². The van der Waals surface area contributed by atoms with Crippen molar-refractivity contribution in [1.29, 1.82) is 0 Å². The molecule has 2 atom stereocenters. The number of ether oxygens (including phenoxy) is 1. The molecular weight excluding hydrogens is 266 g/mol. The van der Waals surface area contributed by atoms with Crippen molar-refractivity contribution in [1.82, 2.24) is 0 Å². The van der Waals surface area contributed by atoms with E-state index in [1.54, 1.807) is 6.07 Å². The van der Waals surface area contributed by atoms with Crippen LogP contribution in [0.5, 0.6) is 5.75 Å². The maximum atomic E-state index is 10.7. The van der Waals surface area contributed by atoms with E-state index in [1.165, 1.54) is 19.2 Å². The predicted molar refractivity (Wildman–Crippen MR) is 69.3 cm³/mol. The Morgan fingerprint density at radius 3 is 2.75 bits per heavy atom. The Morgan fingerprint density at radius 2 is 2.20 bits per heavy atom. The van der Waals surface area contributed by atoms with Gasteiger partial charge in [0.15, 0.2) is 0 Å².